The number of rotatable bonds is 3. The number of carbonyl (C=O) groups excluding carboxylic acids is 1. The molecule has 0 aliphatic rings. The average Bonchev–Trinajstić information content (AvgIpc) is 2.85. The van der Waals surface area contributed by atoms with Crippen molar-refractivity contribution in [1.82, 2.24) is 4.98 Å². The van der Waals surface area contributed by atoms with Crippen LogP contribution in [0.4, 0.5) is 5.69 Å². The van der Waals surface area contributed by atoms with Gasteiger partial charge in [0.15, 0.2) is 0 Å². The maximum Gasteiger partial charge on any atom is 0.272 e. The number of H-pyrrole nitrogens is 1. The first-order valence-electron chi connectivity index (χ1n) is 4.99. The average molecular weight is 251 g/mol. The maximum absolute atomic E-state index is 11.7. The van der Waals surface area contributed by atoms with Gasteiger partial charge in [-0.05, 0) is 24.3 Å². The summed E-state index contributed by atoms with van der Waals surface area (Å²) >= 11 is 6.01. The van der Waals surface area contributed by atoms with Crippen molar-refractivity contribution in [3.63, 3.8) is 0 Å². The molecule has 2 N–H and O–H groups in total. The van der Waals surface area contributed by atoms with E-state index >= 15 is 0 Å². The minimum Gasteiger partial charge on any atom is -0.497 e. The molecule has 0 unspecified atom stereocenters. The van der Waals surface area contributed by atoms with Gasteiger partial charge in [-0.3, -0.25) is 4.79 Å². The summed E-state index contributed by atoms with van der Waals surface area (Å²) in [5.74, 6) is 0.412. The van der Waals surface area contributed by atoms with Crippen LogP contribution in [-0.2, 0) is 0 Å². The van der Waals surface area contributed by atoms with Crippen LogP contribution in [0.1, 0.15) is 10.5 Å². The first-order chi connectivity index (χ1) is 8.20. The molecule has 2 rings (SSSR count). The van der Waals surface area contributed by atoms with E-state index in [0.29, 0.717) is 22.2 Å². The number of hydrogen-bond donors (Lipinski definition) is 2. The molecule has 88 valence electrons. The predicted octanol–water partition coefficient (Wildman–Crippen LogP) is 2.93. The van der Waals surface area contributed by atoms with Crippen LogP contribution in [-0.4, -0.2) is 18.0 Å². The number of halogens is 1. The van der Waals surface area contributed by atoms with Crippen LogP contribution in [0.25, 0.3) is 0 Å². The van der Waals surface area contributed by atoms with Crippen molar-refractivity contribution in [3.05, 3.63) is 47.2 Å². The third-order valence-electron chi connectivity index (χ3n) is 2.27. The fraction of sp³-hybridized carbons (Fsp3) is 0.0833. The summed E-state index contributed by atoms with van der Waals surface area (Å²) in [6.45, 7) is 0. The predicted molar refractivity (Wildman–Crippen MR) is 66.7 cm³/mol. The normalized spacial score (nSPS) is 10.0. The lowest BCUT2D eigenvalue weighted by atomic mass is 10.3. The lowest BCUT2D eigenvalue weighted by Crippen LogP contribution is -2.12. The van der Waals surface area contributed by atoms with E-state index in [-0.39, 0.29) is 5.91 Å². The number of aromatic amines is 1. The highest BCUT2D eigenvalue weighted by Crippen LogP contribution is 2.26. The van der Waals surface area contributed by atoms with E-state index < -0.39 is 0 Å². The Balaban J connectivity index is 2.16. The summed E-state index contributed by atoms with van der Waals surface area (Å²) in [5, 5.41) is 3.14. The van der Waals surface area contributed by atoms with Crippen LogP contribution in [0.2, 0.25) is 5.02 Å². The zero-order valence-electron chi connectivity index (χ0n) is 9.16. The van der Waals surface area contributed by atoms with Crippen molar-refractivity contribution in [2.75, 3.05) is 12.4 Å². The van der Waals surface area contributed by atoms with Gasteiger partial charge in [-0.25, -0.2) is 0 Å². The molecule has 0 saturated heterocycles. The number of hydrogen-bond acceptors (Lipinski definition) is 2. The molecule has 17 heavy (non-hydrogen) atoms. The highest BCUT2D eigenvalue weighted by Gasteiger charge is 2.09. The van der Waals surface area contributed by atoms with Gasteiger partial charge in [-0.2, -0.15) is 0 Å². The zero-order chi connectivity index (χ0) is 12.3. The molecule has 1 amide bonds. The maximum atomic E-state index is 11.7. The molecule has 0 saturated carbocycles. The highest BCUT2D eigenvalue weighted by molar-refractivity contribution is 6.34. The standard InChI is InChI=1S/C12H11ClN2O2/c1-17-8-4-5-10(9(13)7-8)15-12(16)11-3-2-6-14-11/h2-7,14H,1H3,(H,15,16). The van der Waals surface area contributed by atoms with Gasteiger partial charge >= 0.3 is 0 Å². The third-order valence-corrected chi connectivity index (χ3v) is 2.58. The molecule has 2 aromatic rings. The second-order valence-corrected chi connectivity index (χ2v) is 3.79. The van der Waals surface area contributed by atoms with Crippen LogP contribution in [0.15, 0.2) is 36.5 Å². The summed E-state index contributed by atoms with van der Waals surface area (Å²) in [6.07, 6.45) is 1.69. The van der Waals surface area contributed by atoms with E-state index in [1.54, 1.807) is 43.6 Å². The summed E-state index contributed by atoms with van der Waals surface area (Å²) in [6, 6.07) is 8.52. The lowest BCUT2D eigenvalue weighted by Gasteiger charge is -2.07. The molecule has 1 aromatic heterocycles. The number of aromatic nitrogens is 1. The zero-order valence-corrected chi connectivity index (χ0v) is 9.91. The number of nitrogens with one attached hydrogen (secondary N) is 2. The number of ether oxygens (including phenoxy) is 1. The SMILES string of the molecule is COc1ccc(NC(=O)c2ccc[nH]2)c(Cl)c1. The Hall–Kier alpha value is -1.94. The topological polar surface area (TPSA) is 54.1 Å². The smallest absolute Gasteiger partial charge is 0.272 e. The molecule has 0 fully saturated rings. The fourth-order valence-corrected chi connectivity index (χ4v) is 1.60. The molecular weight excluding hydrogens is 240 g/mol. The van der Waals surface area contributed by atoms with Gasteiger partial charge in [-0.1, -0.05) is 11.6 Å². The van der Waals surface area contributed by atoms with Gasteiger partial charge in [0.1, 0.15) is 11.4 Å². The van der Waals surface area contributed by atoms with E-state index in [1.165, 1.54) is 0 Å². The Kier molecular flexibility index (Phi) is 3.35. The Labute approximate surface area is 104 Å². The van der Waals surface area contributed by atoms with Crippen LogP contribution in [0, 0.1) is 0 Å². The van der Waals surface area contributed by atoms with Crippen LogP contribution in [0.5, 0.6) is 5.75 Å². The number of amides is 1. The first kappa shape index (κ1) is 11.5. The summed E-state index contributed by atoms with van der Waals surface area (Å²) < 4.78 is 5.02. The quantitative estimate of drug-likeness (QED) is 0.880. The van der Waals surface area contributed by atoms with Crippen LogP contribution in [0.3, 0.4) is 0 Å². The number of benzene rings is 1. The Morgan fingerprint density at radius 2 is 2.24 bits per heavy atom. The summed E-state index contributed by atoms with van der Waals surface area (Å²) in [4.78, 5) is 14.6. The second kappa shape index (κ2) is 4.93. The van der Waals surface area contributed by atoms with Gasteiger partial charge in [0, 0.05) is 12.3 Å². The largest absolute Gasteiger partial charge is 0.497 e. The van der Waals surface area contributed by atoms with E-state index in [2.05, 4.69) is 10.3 Å². The van der Waals surface area contributed by atoms with Crippen molar-refractivity contribution in [1.29, 1.82) is 0 Å². The molecule has 0 atom stereocenters. The van der Waals surface area contributed by atoms with Crippen molar-refractivity contribution in [2.24, 2.45) is 0 Å². The molecule has 0 spiro atoms. The van der Waals surface area contributed by atoms with E-state index in [4.69, 9.17) is 16.3 Å². The monoisotopic (exact) mass is 250 g/mol. The number of methoxy groups -OCH3 is 1. The van der Waals surface area contributed by atoms with Crippen LogP contribution < -0.4 is 10.1 Å². The van der Waals surface area contributed by atoms with Crippen molar-refractivity contribution >= 4 is 23.2 Å². The molecule has 0 aliphatic carbocycles. The minimum absolute atomic E-state index is 0.234. The van der Waals surface area contributed by atoms with Gasteiger partial charge in [-0.15, -0.1) is 0 Å². The van der Waals surface area contributed by atoms with Crippen molar-refractivity contribution < 1.29 is 9.53 Å². The molecule has 4 nitrogen and oxygen atoms in total. The fourth-order valence-electron chi connectivity index (χ4n) is 1.39. The molecule has 0 bridgehead atoms. The minimum atomic E-state index is -0.234. The number of carbonyl (C=O) groups is 1. The Morgan fingerprint density at radius 1 is 1.41 bits per heavy atom. The summed E-state index contributed by atoms with van der Waals surface area (Å²) in [5.41, 5.74) is 1.03. The third kappa shape index (κ3) is 2.60. The lowest BCUT2D eigenvalue weighted by molar-refractivity contribution is 0.102. The summed E-state index contributed by atoms with van der Waals surface area (Å²) in [7, 11) is 1.56. The second-order valence-electron chi connectivity index (χ2n) is 3.38. The molecule has 0 aliphatic heterocycles. The first-order valence-corrected chi connectivity index (χ1v) is 5.37. The molecule has 1 aromatic carbocycles. The van der Waals surface area contributed by atoms with Crippen molar-refractivity contribution in [3.8, 4) is 5.75 Å². The van der Waals surface area contributed by atoms with Gasteiger partial charge in [0.2, 0.25) is 0 Å². The Morgan fingerprint density at radius 3 is 2.82 bits per heavy atom. The van der Waals surface area contributed by atoms with Gasteiger partial charge in [0.05, 0.1) is 17.8 Å². The van der Waals surface area contributed by atoms with Crippen molar-refractivity contribution in [2.45, 2.75) is 0 Å². The molecule has 0 radical (unpaired) electrons. The van der Waals surface area contributed by atoms with Gasteiger partial charge in [0.25, 0.3) is 5.91 Å². The molecule has 1 heterocycles. The van der Waals surface area contributed by atoms with Crippen LogP contribution >= 0.6 is 11.6 Å². The number of anilines is 1. The molecular formula is C12H11ClN2O2. The Bertz CT molecular complexity index is 523. The van der Waals surface area contributed by atoms with E-state index in [0.717, 1.165) is 0 Å². The highest BCUT2D eigenvalue weighted by atomic mass is 35.5. The van der Waals surface area contributed by atoms with E-state index in [9.17, 15) is 4.79 Å². The molecule has 5 heteroatoms. The van der Waals surface area contributed by atoms with Gasteiger partial charge < -0.3 is 15.0 Å². The van der Waals surface area contributed by atoms with E-state index in [1.807, 2.05) is 0 Å².